The third kappa shape index (κ3) is 4.29. The zero-order chi connectivity index (χ0) is 19.6. The Balaban J connectivity index is 1.35. The largest absolute Gasteiger partial charge is 0.351 e. The average Bonchev–Trinajstić information content (AvgIpc) is 3.17. The molecule has 7 heteroatoms. The van der Waals surface area contributed by atoms with Gasteiger partial charge in [0.05, 0.1) is 5.69 Å². The lowest BCUT2D eigenvalue weighted by atomic mass is 9.86. The van der Waals surface area contributed by atoms with Crippen molar-refractivity contribution in [2.75, 3.05) is 18.0 Å². The van der Waals surface area contributed by atoms with Gasteiger partial charge in [-0.25, -0.2) is 18.7 Å². The van der Waals surface area contributed by atoms with E-state index in [9.17, 15) is 13.6 Å². The van der Waals surface area contributed by atoms with Crippen LogP contribution in [0.25, 0.3) is 11.3 Å². The number of hydrogen-bond acceptors (Lipinski definition) is 4. The van der Waals surface area contributed by atoms with Crippen molar-refractivity contribution >= 4 is 11.9 Å². The van der Waals surface area contributed by atoms with Crippen LogP contribution in [-0.4, -0.2) is 40.9 Å². The first-order valence-corrected chi connectivity index (χ1v) is 9.82. The first-order chi connectivity index (χ1) is 13.5. The van der Waals surface area contributed by atoms with Gasteiger partial charge >= 0.3 is 0 Å². The minimum Gasteiger partial charge on any atom is -0.351 e. The van der Waals surface area contributed by atoms with Gasteiger partial charge < -0.3 is 10.2 Å². The van der Waals surface area contributed by atoms with Crippen molar-refractivity contribution in [3.8, 4) is 11.3 Å². The van der Waals surface area contributed by atoms with Crippen molar-refractivity contribution in [2.45, 2.75) is 44.1 Å². The standard InChI is InChI=1S/C21H24F2N4O/c22-21(23)10-6-16(7-11-21)19(28)25-17-9-13-27(14-17)20-24-12-8-18(26-20)15-4-2-1-3-5-15/h1-5,8,12,16-17H,6-7,9-11,13-14H2,(H,25,28). The Bertz CT molecular complexity index is 820. The van der Waals surface area contributed by atoms with E-state index in [4.69, 9.17) is 0 Å². The van der Waals surface area contributed by atoms with Gasteiger partial charge in [0, 0.05) is 49.7 Å². The number of hydrogen-bond donors (Lipinski definition) is 1. The van der Waals surface area contributed by atoms with Gasteiger partial charge in [0.2, 0.25) is 17.8 Å². The summed E-state index contributed by atoms with van der Waals surface area (Å²) in [6, 6.07) is 11.8. The number of aromatic nitrogens is 2. The van der Waals surface area contributed by atoms with E-state index < -0.39 is 5.92 Å². The van der Waals surface area contributed by atoms with Gasteiger partial charge in [-0.2, -0.15) is 0 Å². The van der Waals surface area contributed by atoms with Crippen molar-refractivity contribution in [1.29, 1.82) is 0 Å². The highest BCUT2D eigenvalue weighted by Crippen LogP contribution is 2.36. The smallest absolute Gasteiger partial charge is 0.248 e. The summed E-state index contributed by atoms with van der Waals surface area (Å²) >= 11 is 0. The lowest BCUT2D eigenvalue weighted by molar-refractivity contribution is -0.129. The number of rotatable bonds is 4. The highest BCUT2D eigenvalue weighted by Gasteiger charge is 2.38. The third-order valence-corrected chi connectivity index (χ3v) is 5.62. The van der Waals surface area contributed by atoms with Crippen LogP contribution in [0.1, 0.15) is 32.1 Å². The second kappa shape index (κ2) is 7.81. The van der Waals surface area contributed by atoms with Gasteiger partial charge in [0.1, 0.15) is 0 Å². The molecule has 4 rings (SSSR count). The topological polar surface area (TPSA) is 58.1 Å². The molecule has 1 saturated carbocycles. The summed E-state index contributed by atoms with van der Waals surface area (Å²) in [5.41, 5.74) is 1.89. The molecule has 28 heavy (non-hydrogen) atoms. The molecule has 1 aromatic carbocycles. The minimum absolute atomic E-state index is 0.00100. The lowest BCUT2D eigenvalue weighted by Crippen LogP contribution is -2.42. The predicted octanol–water partition coefficient (Wildman–Crippen LogP) is 3.66. The average molecular weight is 386 g/mol. The molecule has 0 bridgehead atoms. The maximum atomic E-state index is 13.3. The molecular formula is C21H24F2N4O. The lowest BCUT2D eigenvalue weighted by Gasteiger charge is -2.28. The summed E-state index contributed by atoms with van der Waals surface area (Å²) in [4.78, 5) is 23.6. The fraction of sp³-hybridized carbons (Fsp3) is 0.476. The fourth-order valence-electron chi connectivity index (χ4n) is 3.95. The third-order valence-electron chi connectivity index (χ3n) is 5.62. The Morgan fingerprint density at radius 3 is 2.61 bits per heavy atom. The molecule has 148 valence electrons. The summed E-state index contributed by atoms with van der Waals surface area (Å²) in [7, 11) is 0. The molecule has 2 aliphatic rings. The van der Waals surface area contributed by atoms with Gasteiger partial charge in [0.15, 0.2) is 0 Å². The molecule has 0 radical (unpaired) electrons. The number of carbonyl (C=O) groups excluding carboxylic acids is 1. The molecule has 1 atom stereocenters. The first-order valence-electron chi connectivity index (χ1n) is 9.82. The van der Waals surface area contributed by atoms with Gasteiger partial charge in [0.25, 0.3) is 0 Å². The Kier molecular flexibility index (Phi) is 5.24. The number of nitrogens with one attached hydrogen (secondary N) is 1. The van der Waals surface area contributed by atoms with E-state index in [0.717, 1.165) is 24.2 Å². The van der Waals surface area contributed by atoms with Crippen LogP contribution >= 0.6 is 0 Å². The Labute approximate surface area is 163 Å². The molecule has 1 N–H and O–H groups in total. The molecule has 1 aromatic heterocycles. The zero-order valence-electron chi connectivity index (χ0n) is 15.7. The molecule has 0 spiro atoms. The zero-order valence-corrected chi connectivity index (χ0v) is 15.7. The quantitative estimate of drug-likeness (QED) is 0.871. The van der Waals surface area contributed by atoms with Crippen molar-refractivity contribution in [1.82, 2.24) is 15.3 Å². The van der Waals surface area contributed by atoms with E-state index in [1.165, 1.54) is 0 Å². The molecule has 5 nitrogen and oxygen atoms in total. The summed E-state index contributed by atoms with van der Waals surface area (Å²) in [5, 5.41) is 3.04. The van der Waals surface area contributed by atoms with E-state index in [0.29, 0.717) is 12.5 Å². The number of carbonyl (C=O) groups is 1. The maximum Gasteiger partial charge on any atom is 0.248 e. The van der Waals surface area contributed by atoms with E-state index in [-0.39, 0.29) is 43.6 Å². The minimum atomic E-state index is -2.61. The van der Waals surface area contributed by atoms with Crippen LogP contribution < -0.4 is 10.2 Å². The van der Waals surface area contributed by atoms with Gasteiger partial charge in [-0.05, 0) is 25.3 Å². The van der Waals surface area contributed by atoms with Crippen LogP contribution in [0.5, 0.6) is 0 Å². The fourth-order valence-corrected chi connectivity index (χ4v) is 3.95. The maximum absolute atomic E-state index is 13.3. The van der Waals surface area contributed by atoms with Gasteiger partial charge in [-0.3, -0.25) is 4.79 Å². The van der Waals surface area contributed by atoms with Crippen molar-refractivity contribution in [2.24, 2.45) is 5.92 Å². The van der Waals surface area contributed by atoms with Crippen LogP contribution in [0.3, 0.4) is 0 Å². The van der Waals surface area contributed by atoms with Gasteiger partial charge in [-0.15, -0.1) is 0 Å². The summed E-state index contributed by atoms with van der Waals surface area (Å²) in [5.74, 6) is -2.36. The molecule has 1 unspecified atom stereocenters. The summed E-state index contributed by atoms with van der Waals surface area (Å²) < 4.78 is 26.6. The van der Waals surface area contributed by atoms with E-state index >= 15 is 0 Å². The van der Waals surface area contributed by atoms with E-state index in [2.05, 4.69) is 20.2 Å². The summed E-state index contributed by atoms with van der Waals surface area (Å²) in [6.07, 6.45) is 2.69. The molecular weight excluding hydrogens is 362 g/mol. The number of alkyl halides is 2. The van der Waals surface area contributed by atoms with Crippen LogP contribution in [0, 0.1) is 5.92 Å². The second-order valence-corrected chi connectivity index (χ2v) is 7.68. The van der Waals surface area contributed by atoms with Crippen molar-refractivity contribution < 1.29 is 13.6 Å². The van der Waals surface area contributed by atoms with Crippen LogP contribution in [-0.2, 0) is 4.79 Å². The van der Waals surface area contributed by atoms with Crippen LogP contribution in [0.2, 0.25) is 0 Å². The predicted molar refractivity (Wildman–Crippen MR) is 103 cm³/mol. The van der Waals surface area contributed by atoms with Crippen LogP contribution in [0.15, 0.2) is 42.6 Å². The van der Waals surface area contributed by atoms with Crippen molar-refractivity contribution in [3.63, 3.8) is 0 Å². The molecule has 1 amide bonds. The monoisotopic (exact) mass is 386 g/mol. The molecule has 1 aliphatic heterocycles. The van der Waals surface area contributed by atoms with Crippen molar-refractivity contribution in [3.05, 3.63) is 42.6 Å². The Morgan fingerprint density at radius 1 is 1.11 bits per heavy atom. The van der Waals surface area contributed by atoms with E-state index in [1.54, 1.807) is 6.20 Å². The van der Waals surface area contributed by atoms with Gasteiger partial charge in [-0.1, -0.05) is 30.3 Å². The molecule has 2 heterocycles. The highest BCUT2D eigenvalue weighted by molar-refractivity contribution is 5.79. The number of halogens is 2. The van der Waals surface area contributed by atoms with E-state index in [1.807, 2.05) is 36.4 Å². The number of nitrogens with zero attached hydrogens (tertiary/aromatic N) is 3. The number of benzene rings is 1. The Morgan fingerprint density at radius 2 is 1.86 bits per heavy atom. The first kappa shape index (κ1) is 18.8. The normalized spacial score (nSPS) is 22.2. The highest BCUT2D eigenvalue weighted by atomic mass is 19.3. The van der Waals surface area contributed by atoms with Crippen LogP contribution in [0.4, 0.5) is 14.7 Å². The molecule has 1 saturated heterocycles. The molecule has 1 aliphatic carbocycles. The Hall–Kier alpha value is -2.57. The molecule has 2 aromatic rings. The second-order valence-electron chi connectivity index (χ2n) is 7.68. The summed E-state index contributed by atoms with van der Waals surface area (Å²) in [6.45, 7) is 1.39. The number of amides is 1. The molecule has 2 fully saturated rings. The SMILES string of the molecule is O=C(NC1CCN(c2nccc(-c3ccccc3)n2)C1)C1CCC(F)(F)CC1. The number of anilines is 1.